The minimum atomic E-state index is -3.47. The number of hydrogen-bond acceptors (Lipinski definition) is 9. The molecule has 0 amide bonds. The summed E-state index contributed by atoms with van der Waals surface area (Å²) in [6.45, 7) is 12.8. The van der Waals surface area contributed by atoms with E-state index in [4.69, 9.17) is 9.72 Å². The Morgan fingerprint density at radius 3 is 2.70 bits per heavy atom. The van der Waals surface area contributed by atoms with E-state index in [9.17, 15) is 13.2 Å². The Morgan fingerprint density at radius 1 is 1.14 bits per heavy atom. The van der Waals surface area contributed by atoms with Crippen LogP contribution < -0.4 is 14.8 Å². The molecule has 10 nitrogen and oxygen atoms in total. The van der Waals surface area contributed by atoms with Crippen LogP contribution in [0.4, 0.5) is 17.5 Å². The van der Waals surface area contributed by atoms with Gasteiger partial charge in [0.15, 0.2) is 5.78 Å². The van der Waals surface area contributed by atoms with Crippen molar-refractivity contribution in [2.75, 3.05) is 22.9 Å². The molecule has 0 saturated heterocycles. The third-order valence-corrected chi connectivity index (χ3v) is 8.17. The van der Waals surface area contributed by atoms with E-state index in [2.05, 4.69) is 45.3 Å². The first-order valence-corrected chi connectivity index (χ1v) is 16.7. The second kappa shape index (κ2) is 14.6. The van der Waals surface area contributed by atoms with Crippen molar-refractivity contribution in [2.45, 2.75) is 72.0 Å². The van der Waals surface area contributed by atoms with Crippen LogP contribution in [0.1, 0.15) is 74.5 Å². The van der Waals surface area contributed by atoms with Crippen molar-refractivity contribution >= 4 is 33.3 Å². The number of fused-ring (bicyclic) bond motifs is 1. The Labute approximate surface area is 255 Å². The number of allylic oxidation sites excluding steroid dienone is 1. The molecule has 1 aliphatic rings. The summed E-state index contributed by atoms with van der Waals surface area (Å²) in [5.41, 5.74) is 4.53. The number of rotatable bonds is 16. The lowest BCUT2D eigenvalue weighted by molar-refractivity contribution is 0.0981. The standard InChI is InChI=1S/C32H42N6O4S/c1-6-9-27(16-23(4)22(3)12-13-30(39)24-14-15-33-31(17-24)37-43(5,40)41)38-20-25-19-34-32(36-29(25)21-38)35-26-10-8-11-28(18-26)42-7-2/h8,10-11,14-15,17-19,23,27H,3,6-7,9,12-13,16,20-21H2,1-2,4-5H3,(H,33,37)(H,34,35,36)/t23-,27+/m1/s1. The summed E-state index contributed by atoms with van der Waals surface area (Å²) < 4.78 is 30.9. The second-order valence-electron chi connectivity index (χ2n) is 11.1. The number of carbonyl (C=O) groups excluding carboxylic acids is 1. The number of nitrogens with one attached hydrogen (secondary N) is 2. The third-order valence-electron chi connectivity index (χ3n) is 7.59. The van der Waals surface area contributed by atoms with Crippen LogP contribution in [-0.2, 0) is 23.1 Å². The van der Waals surface area contributed by atoms with Crippen LogP contribution in [0.15, 0.2) is 60.9 Å². The number of ketones is 1. The van der Waals surface area contributed by atoms with Crippen molar-refractivity contribution in [1.29, 1.82) is 0 Å². The van der Waals surface area contributed by atoms with Crippen molar-refractivity contribution in [3.05, 3.63) is 77.8 Å². The van der Waals surface area contributed by atoms with E-state index in [1.807, 2.05) is 37.4 Å². The number of pyridine rings is 1. The molecule has 2 atom stereocenters. The molecule has 4 rings (SSSR count). The molecule has 0 radical (unpaired) electrons. The third kappa shape index (κ3) is 9.33. The van der Waals surface area contributed by atoms with Gasteiger partial charge in [-0.2, -0.15) is 0 Å². The van der Waals surface area contributed by atoms with Gasteiger partial charge in [0.1, 0.15) is 11.6 Å². The molecular weight excluding hydrogens is 564 g/mol. The van der Waals surface area contributed by atoms with Gasteiger partial charge in [0.05, 0.1) is 18.6 Å². The van der Waals surface area contributed by atoms with Crippen LogP contribution in [-0.4, -0.2) is 53.0 Å². The smallest absolute Gasteiger partial charge is 0.230 e. The molecule has 2 N–H and O–H groups in total. The topological polar surface area (TPSA) is 126 Å². The van der Waals surface area contributed by atoms with Crippen molar-refractivity contribution in [3.8, 4) is 5.75 Å². The van der Waals surface area contributed by atoms with E-state index in [0.717, 1.165) is 66.9 Å². The maximum Gasteiger partial charge on any atom is 0.230 e. The summed E-state index contributed by atoms with van der Waals surface area (Å²) in [6, 6.07) is 11.2. The molecule has 1 aliphatic heterocycles. The first kappa shape index (κ1) is 32.1. The second-order valence-corrected chi connectivity index (χ2v) is 12.9. The largest absolute Gasteiger partial charge is 0.494 e. The van der Waals surface area contributed by atoms with Crippen LogP contribution in [0, 0.1) is 5.92 Å². The SMILES string of the molecule is C=C(CCC(=O)c1ccnc(NS(C)(=O)=O)c1)[C@H](C)C[C@H](CCC)N1Cc2cnc(Nc3cccc(OCC)c3)nc2C1. The Hall–Kier alpha value is -3.83. The maximum atomic E-state index is 12.9. The lowest BCUT2D eigenvalue weighted by Crippen LogP contribution is -2.32. The summed E-state index contributed by atoms with van der Waals surface area (Å²) in [4.78, 5) is 28.7. The predicted molar refractivity (Wildman–Crippen MR) is 170 cm³/mol. The van der Waals surface area contributed by atoms with Gasteiger partial charge < -0.3 is 10.1 Å². The van der Waals surface area contributed by atoms with Gasteiger partial charge in [-0.15, -0.1) is 0 Å². The first-order chi connectivity index (χ1) is 20.5. The molecule has 0 spiro atoms. The maximum absolute atomic E-state index is 12.9. The minimum Gasteiger partial charge on any atom is -0.494 e. The van der Waals surface area contributed by atoms with Gasteiger partial charge in [-0.1, -0.05) is 38.5 Å². The van der Waals surface area contributed by atoms with E-state index in [1.165, 1.54) is 12.3 Å². The van der Waals surface area contributed by atoms with Crippen LogP contribution in [0.5, 0.6) is 5.75 Å². The van der Waals surface area contributed by atoms with E-state index in [0.29, 0.717) is 37.0 Å². The van der Waals surface area contributed by atoms with Gasteiger partial charge in [0.2, 0.25) is 16.0 Å². The number of Topliss-reactive ketones (excluding diaryl/α,β-unsaturated/α-hetero) is 1. The Balaban J connectivity index is 1.32. The van der Waals surface area contributed by atoms with Gasteiger partial charge >= 0.3 is 0 Å². The molecular formula is C32H42N6O4S. The summed E-state index contributed by atoms with van der Waals surface area (Å²) in [5.74, 6) is 1.67. The molecule has 43 heavy (non-hydrogen) atoms. The highest BCUT2D eigenvalue weighted by Gasteiger charge is 2.29. The van der Waals surface area contributed by atoms with E-state index in [1.54, 1.807) is 6.07 Å². The van der Waals surface area contributed by atoms with Crippen LogP contribution in [0.2, 0.25) is 0 Å². The van der Waals surface area contributed by atoms with Gasteiger partial charge in [-0.05, 0) is 56.4 Å². The van der Waals surface area contributed by atoms with Crippen LogP contribution in [0.25, 0.3) is 0 Å². The number of anilines is 3. The molecule has 0 bridgehead atoms. The molecule has 1 aromatic carbocycles. The zero-order valence-corrected chi connectivity index (χ0v) is 26.3. The lowest BCUT2D eigenvalue weighted by Gasteiger charge is -2.30. The number of aromatic nitrogens is 3. The predicted octanol–water partition coefficient (Wildman–Crippen LogP) is 6.12. The van der Waals surface area contributed by atoms with E-state index in [-0.39, 0.29) is 17.5 Å². The van der Waals surface area contributed by atoms with Gasteiger partial charge in [0, 0.05) is 60.8 Å². The Bertz CT molecular complexity index is 1540. The highest BCUT2D eigenvalue weighted by molar-refractivity contribution is 7.92. The molecule has 0 aliphatic carbocycles. The van der Waals surface area contributed by atoms with Crippen LogP contribution in [0.3, 0.4) is 0 Å². The molecule has 0 unspecified atom stereocenters. The summed E-state index contributed by atoms with van der Waals surface area (Å²) in [5, 5.41) is 3.30. The highest BCUT2D eigenvalue weighted by Crippen LogP contribution is 2.31. The van der Waals surface area contributed by atoms with Crippen molar-refractivity contribution < 1.29 is 17.9 Å². The molecule has 3 heterocycles. The van der Waals surface area contributed by atoms with E-state index >= 15 is 0 Å². The number of nitrogens with zero attached hydrogens (tertiary/aromatic N) is 4. The average Bonchev–Trinajstić information content (AvgIpc) is 3.38. The summed E-state index contributed by atoms with van der Waals surface area (Å²) in [6.07, 6.45) is 8.34. The zero-order chi connectivity index (χ0) is 31.0. The fraction of sp³-hybridized carbons (Fsp3) is 0.438. The average molecular weight is 607 g/mol. The normalized spacial score (nSPS) is 14.5. The number of hydrogen-bond donors (Lipinski definition) is 2. The van der Waals surface area contributed by atoms with Crippen molar-refractivity contribution in [1.82, 2.24) is 19.9 Å². The molecule has 11 heteroatoms. The fourth-order valence-corrected chi connectivity index (χ4v) is 5.82. The van der Waals surface area contributed by atoms with Crippen molar-refractivity contribution in [2.24, 2.45) is 5.92 Å². The van der Waals surface area contributed by atoms with Crippen molar-refractivity contribution in [3.63, 3.8) is 0 Å². The number of sulfonamides is 1. The quantitative estimate of drug-likeness (QED) is 0.147. The van der Waals surface area contributed by atoms with Gasteiger partial charge in [-0.3, -0.25) is 14.4 Å². The van der Waals surface area contributed by atoms with E-state index < -0.39 is 10.0 Å². The number of benzene rings is 1. The van der Waals surface area contributed by atoms with Crippen LogP contribution >= 0.6 is 0 Å². The summed E-state index contributed by atoms with van der Waals surface area (Å²) in [7, 11) is -3.47. The molecule has 2 aromatic heterocycles. The number of carbonyl (C=O) groups is 1. The number of ether oxygens (including phenoxy) is 1. The molecule has 0 saturated carbocycles. The minimum absolute atomic E-state index is 0.0694. The first-order valence-electron chi connectivity index (χ1n) is 14.8. The summed E-state index contributed by atoms with van der Waals surface area (Å²) >= 11 is 0. The van der Waals surface area contributed by atoms with Gasteiger partial charge in [-0.25, -0.2) is 23.4 Å². The fourth-order valence-electron chi connectivity index (χ4n) is 5.33. The Kier molecular flexibility index (Phi) is 10.9. The van der Waals surface area contributed by atoms with Gasteiger partial charge in [0.25, 0.3) is 0 Å². The molecule has 0 fully saturated rings. The Morgan fingerprint density at radius 2 is 1.95 bits per heavy atom. The monoisotopic (exact) mass is 606 g/mol. The highest BCUT2D eigenvalue weighted by atomic mass is 32.2. The zero-order valence-electron chi connectivity index (χ0n) is 25.5. The lowest BCUT2D eigenvalue weighted by atomic mass is 9.89. The molecule has 230 valence electrons. The molecule has 3 aromatic rings.